The first-order valence-electron chi connectivity index (χ1n) is 4.89. The number of Topliss-reactive ketones (excluding diaryl/α,β-unsaturated/α-hetero) is 1. The van der Waals surface area contributed by atoms with Gasteiger partial charge < -0.3 is 9.84 Å². The monoisotopic (exact) mass is 222 g/mol. The second-order valence-electron chi connectivity index (χ2n) is 3.69. The molecule has 0 saturated carbocycles. The lowest BCUT2D eigenvalue weighted by atomic mass is 10.0. The minimum absolute atomic E-state index is 0.0447. The van der Waals surface area contributed by atoms with E-state index in [1.807, 2.05) is 18.2 Å². The number of carbonyl (C=O) groups is 2. The summed E-state index contributed by atoms with van der Waals surface area (Å²) in [5.41, 5.74) is -1.26. The Morgan fingerprint density at radius 1 is 1.31 bits per heavy atom. The van der Waals surface area contributed by atoms with Gasteiger partial charge in [0.25, 0.3) is 0 Å². The minimum Gasteiger partial charge on any atom is -0.458 e. The van der Waals surface area contributed by atoms with Crippen molar-refractivity contribution in [3.63, 3.8) is 0 Å². The van der Waals surface area contributed by atoms with E-state index in [1.165, 1.54) is 0 Å². The fraction of sp³-hybridized carbons (Fsp3) is 0.333. The van der Waals surface area contributed by atoms with Gasteiger partial charge >= 0.3 is 5.97 Å². The molecule has 16 heavy (non-hydrogen) atoms. The van der Waals surface area contributed by atoms with E-state index in [1.54, 1.807) is 12.1 Å². The zero-order chi connectivity index (χ0) is 12.2. The highest BCUT2D eigenvalue weighted by Crippen LogP contribution is 2.10. The van der Waals surface area contributed by atoms with Crippen LogP contribution in [-0.2, 0) is 20.9 Å². The first-order valence-corrected chi connectivity index (χ1v) is 4.89. The molecule has 0 amide bonds. The fourth-order valence-electron chi connectivity index (χ4n) is 1.01. The smallest absolute Gasteiger partial charge is 0.346 e. The van der Waals surface area contributed by atoms with Crippen LogP contribution in [0, 0.1) is 0 Å². The van der Waals surface area contributed by atoms with Gasteiger partial charge in [-0.1, -0.05) is 30.3 Å². The van der Waals surface area contributed by atoms with Gasteiger partial charge in [0.2, 0.25) is 5.60 Å². The van der Waals surface area contributed by atoms with Crippen LogP contribution in [0.2, 0.25) is 0 Å². The van der Waals surface area contributed by atoms with Crippen molar-refractivity contribution in [1.29, 1.82) is 0 Å². The third-order valence-electron chi connectivity index (χ3n) is 2.30. The van der Waals surface area contributed by atoms with Gasteiger partial charge in [0.1, 0.15) is 6.61 Å². The first-order chi connectivity index (χ1) is 7.44. The Labute approximate surface area is 93.9 Å². The molecule has 0 radical (unpaired) electrons. The maximum Gasteiger partial charge on any atom is 0.346 e. The van der Waals surface area contributed by atoms with Gasteiger partial charge in [0, 0.05) is 0 Å². The second kappa shape index (κ2) is 4.90. The predicted octanol–water partition coefficient (Wildman–Crippen LogP) is 1.07. The highest BCUT2D eigenvalue weighted by molar-refractivity contribution is 6.05. The van der Waals surface area contributed by atoms with Crippen LogP contribution < -0.4 is 0 Å². The van der Waals surface area contributed by atoms with Crippen LogP contribution in [0.5, 0.6) is 0 Å². The van der Waals surface area contributed by atoms with Crippen molar-refractivity contribution in [2.45, 2.75) is 26.1 Å². The summed E-state index contributed by atoms with van der Waals surface area (Å²) >= 11 is 0. The van der Waals surface area contributed by atoms with Gasteiger partial charge in [0.15, 0.2) is 5.78 Å². The normalized spacial score (nSPS) is 13.9. The number of hydrogen-bond acceptors (Lipinski definition) is 4. The van der Waals surface area contributed by atoms with Crippen LogP contribution in [0.15, 0.2) is 30.3 Å². The zero-order valence-corrected chi connectivity index (χ0v) is 9.27. The molecule has 1 aromatic carbocycles. The molecular weight excluding hydrogens is 208 g/mol. The molecule has 0 bridgehead atoms. The Kier molecular flexibility index (Phi) is 3.79. The van der Waals surface area contributed by atoms with Crippen molar-refractivity contribution in [1.82, 2.24) is 0 Å². The molecule has 0 aliphatic carbocycles. The van der Waals surface area contributed by atoms with Crippen LogP contribution in [0.1, 0.15) is 19.4 Å². The van der Waals surface area contributed by atoms with Crippen LogP contribution in [0.4, 0.5) is 0 Å². The summed E-state index contributed by atoms with van der Waals surface area (Å²) in [7, 11) is 0. The molecule has 0 spiro atoms. The summed E-state index contributed by atoms with van der Waals surface area (Å²) in [6, 6.07) is 9.04. The summed E-state index contributed by atoms with van der Waals surface area (Å²) in [5, 5.41) is 9.51. The van der Waals surface area contributed by atoms with Gasteiger partial charge in [-0.3, -0.25) is 4.79 Å². The summed E-state index contributed by atoms with van der Waals surface area (Å²) in [6.07, 6.45) is 0. The van der Waals surface area contributed by atoms with Crippen LogP contribution >= 0.6 is 0 Å². The van der Waals surface area contributed by atoms with Crippen LogP contribution in [-0.4, -0.2) is 22.5 Å². The molecule has 1 atom stereocenters. The van der Waals surface area contributed by atoms with Crippen molar-refractivity contribution < 1.29 is 19.4 Å². The van der Waals surface area contributed by atoms with Gasteiger partial charge in [-0.2, -0.15) is 0 Å². The quantitative estimate of drug-likeness (QED) is 0.611. The van der Waals surface area contributed by atoms with Crippen molar-refractivity contribution in [3.05, 3.63) is 35.9 Å². The first kappa shape index (κ1) is 12.4. The van der Waals surface area contributed by atoms with Crippen LogP contribution in [0.25, 0.3) is 0 Å². The summed E-state index contributed by atoms with van der Waals surface area (Å²) in [5.74, 6) is -1.56. The van der Waals surface area contributed by atoms with Crippen molar-refractivity contribution in [2.75, 3.05) is 0 Å². The average Bonchev–Trinajstić information content (AvgIpc) is 2.27. The summed E-state index contributed by atoms with van der Waals surface area (Å²) in [4.78, 5) is 22.4. The molecule has 1 rings (SSSR count). The van der Waals surface area contributed by atoms with Gasteiger partial charge in [-0.25, -0.2) is 4.79 Å². The molecule has 0 aromatic heterocycles. The Morgan fingerprint density at radius 2 is 1.88 bits per heavy atom. The molecule has 0 heterocycles. The molecule has 1 aromatic rings. The highest BCUT2D eigenvalue weighted by atomic mass is 16.5. The second-order valence-corrected chi connectivity index (χ2v) is 3.69. The minimum atomic E-state index is -2.06. The van der Waals surface area contributed by atoms with E-state index < -0.39 is 17.4 Å². The third-order valence-corrected chi connectivity index (χ3v) is 2.30. The molecule has 0 saturated heterocycles. The number of ketones is 1. The maximum absolute atomic E-state index is 11.4. The highest BCUT2D eigenvalue weighted by Gasteiger charge is 2.37. The molecule has 0 aliphatic rings. The fourth-order valence-corrected chi connectivity index (χ4v) is 1.01. The number of hydrogen-bond donors (Lipinski definition) is 1. The van der Waals surface area contributed by atoms with Gasteiger partial charge in [-0.15, -0.1) is 0 Å². The van der Waals surface area contributed by atoms with E-state index in [4.69, 9.17) is 4.74 Å². The van der Waals surface area contributed by atoms with Gasteiger partial charge in [0.05, 0.1) is 0 Å². The summed E-state index contributed by atoms with van der Waals surface area (Å²) in [6.45, 7) is 2.32. The topological polar surface area (TPSA) is 63.6 Å². The van der Waals surface area contributed by atoms with Crippen molar-refractivity contribution in [2.24, 2.45) is 0 Å². The molecule has 0 fully saturated rings. The number of carbonyl (C=O) groups excluding carboxylic acids is 2. The number of rotatable bonds is 4. The lowest BCUT2D eigenvalue weighted by molar-refractivity contribution is -0.169. The van der Waals surface area contributed by atoms with E-state index in [9.17, 15) is 14.7 Å². The molecule has 4 nitrogen and oxygen atoms in total. The SMILES string of the molecule is CC(=O)[C@](C)(O)C(=O)OCc1ccccc1. The van der Waals surface area contributed by atoms with Crippen molar-refractivity contribution in [3.8, 4) is 0 Å². The van der Waals surface area contributed by atoms with Crippen LogP contribution in [0.3, 0.4) is 0 Å². The number of ether oxygens (including phenoxy) is 1. The molecular formula is C12H14O4. The van der Waals surface area contributed by atoms with E-state index in [0.717, 1.165) is 19.4 Å². The Hall–Kier alpha value is -1.68. The molecule has 4 heteroatoms. The molecule has 0 aliphatic heterocycles. The van der Waals surface area contributed by atoms with Gasteiger partial charge in [-0.05, 0) is 19.4 Å². The lowest BCUT2D eigenvalue weighted by Crippen LogP contribution is -2.43. The maximum atomic E-state index is 11.4. The van der Waals surface area contributed by atoms with E-state index in [0.29, 0.717) is 0 Å². The number of esters is 1. The molecule has 1 N–H and O–H groups in total. The zero-order valence-electron chi connectivity index (χ0n) is 9.27. The Bertz CT molecular complexity index is 381. The third kappa shape index (κ3) is 2.90. The number of benzene rings is 1. The largest absolute Gasteiger partial charge is 0.458 e. The number of aliphatic hydroxyl groups is 1. The van der Waals surface area contributed by atoms with E-state index in [2.05, 4.69) is 0 Å². The standard InChI is InChI=1S/C12H14O4/c1-9(13)12(2,15)11(14)16-8-10-6-4-3-5-7-10/h3-7,15H,8H2,1-2H3/t12-/m0/s1. The summed E-state index contributed by atoms with van der Waals surface area (Å²) < 4.78 is 4.84. The van der Waals surface area contributed by atoms with Crippen molar-refractivity contribution >= 4 is 11.8 Å². The van der Waals surface area contributed by atoms with E-state index >= 15 is 0 Å². The Balaban J connectivity index is 2.57. The molecule has 0 unspecified atom stereocenters. The molecule has 86 valence electrons. The predicted molar refractivity (Wildman–Crippen MR) is 57.5 cm³/mol. The lowest BCUT2D eigenvalue weighted by Gasteiger charge is -2.17. The van der Waals surface area contributed by atoms with E-state index in [-0.39, 0.29) is 6.61 Å². The average molecular weight is 222 g/mol. The Morgan fingerprint density at radius 3 is 2.38 bits per heavy atom.